The minimum absolute atomic E-state index is 0.407. The number of carbonyl (C=O) groups excluding carboxylic acids is 1. The average Bonchev–Trinajstić information content (AvgIpc) is 2.81. The van der Waals surface area contributed by atoms with E-state index >= 15 is 0 Å². The Bertz CT molecular complexity index is 609. The van der Waals surface area contributed by atoms with E-state index in [0.717, 1.165) is 17.0 Å². The van der Waals surface area contributed by atoms with E-state index < -0.39 is 11.7 Å². The van der Waals surface area contributed by atoms with Crippen LogP contribution in [-0.2, 0) is 18.3 Å². The molecule has 1 heterocycles. The summed E-state index contributed by atoms with van der Waals surface area (Å²) in [6.45, 7) is 5.96. The van der Waals surface area contributed by atoms with Gasteiger partial charge in [0.05, 0.1) is 0 Å². The smallest absolute Gasteiger partial charge is 0.407 e. The highest BCUT2D eigenvalue weighted by molar-refractivity contribution is 5.67. The molecule has 2 aromatic rings. The second-order valence-electron chi connectivity index (χ2n) is 5.91. The van der Waals surface area contributed by atoms with Crippen LogP contribution in [0.4, 0.5) is 4.79 Å². The molecule has 1 aromatic carbocycles. The van der Waals surface area contributed by atoms with Gasteiger partial charge in [-0.25, -0.2) is 9.78 Å². The van der Waals surface area contributed by atoms with Crippen LogP contribution in [0.25, 0.3) is 11.4 Å². The number of amides is 1. The molecule has 1 N–H and O–H groups in total. The molecule has 0 aliphatic heterocycles. The number of hydrogen-bond donors (Lipinski definition) is 1. The lowest BCUT2D eigenvalue weighted by molar-refractivity contribution is 0.0523. The number of hydrogen-bond acceptors (Lipinski definition) is 3. The van der Waals surface area contributed by atoms with Gasteiger partial charge in [0.2, 0.25) is 0 Å². The van der Waals surface area contributed by atoms with Crippen LogP contribution in [0.3, 0.4) is 0 Å². The highest BCUT2D eigenvalue weighted by atomic mass is 16.6. The summed E-state index contributed by atoms with van der Waals surface area (Å²) >= 11 is 0. The van der Waals surface area contributed by atoms with E-state index in [2.05, 4.69) is 10.3 Å². The minimum atomic E-state index is -0.480. The third kappa shape index (κ3) is 4.34. The number of nitrogens with one attached hydrogen (secondary N) is 1. The van der Waals surface area contributed by atoms with Gasteiger partial charge in [0.15, 0.2) is 0 Å². The van der Waals surface area contributed by atoms with Crippen molar-refractivity contribution in [1.82, 2.24) is 14.9 Å². The quantitative estimate of drug-likeness (QED) is 0.943. The van der Waals surface area contributed by atoms with Crippen LogP contribution in [0.15, 0.2) is 36.7 Å². The Morgan fingerprint density at radius 2 is 1.95 bits per heavy atom. The van der Waals surface area contributed by atoms with Crippen molar-refractivity contribution in [2.75, 3.05) is 0 Å². The lowest BCUT2D eigenvalue weighted by atomic mass is 10.1. The number of aryl methyl sites for hydroxylation is 1. The Kier molecular flexibility index (Phi) is 4.31. The second-order valence-corrected chi connectivity index (χ2v) is 5.91. The summed E-state index contributed by atoms with van der Waals surface area (Å²) < 4.78 is 7.16. The first-order valence-electron chi connectivity index (χ1n) is 6.89. The van der Waals surface area contributed by atoms with Crippen molar-refractivity contribution < 1.29 is 9.53 Å². The summed E-state index contributed by atoms with van der Waals surface area (Å²) in [6.07, 6.45) is 3.27. The van der Waals surface area contributed by atoms with Gasteiger partial charge in [-0.15, -0.1) is 0 Å². The van der Waals surface area contributed by atoms with Crippen LogP contribution in [-0.4, -0.2) is 21.2 Å². The predicted molar refractivity (Wildman–Crippen MR) is 81.7 cm³/mol. The number of nitrogens with zero attached hydrogens (tertiary/aromatic N) is 2. The minimum Gasteiger partial charge on any atom is -0.444 e. The van der Waals surface area contributed by atoms with Gasteiger partial charge in [0.1, 0.15) is 11.4 Å². The molecule has 21 heavy (non-hydrogen) atoms. The van der Waals surface area contributed by atoms with Gasteiger partial charge in [-0.3, -0.25) is 0 Å². The molecule has 5 nitrogen and oxygen atoms in total. The topological polar surface area (TPSA) is 56.2 Å². The summed E-state index contributed by atoms with van der Waals surface area (Å²) in [5.41, 5.74) is 1.58. The molecule has 0 saturated heterocycles. The maximum Gasteiger partial charge on any atom is 0.407 e. The Balaban J connectivity index is 1.94. The van der Waals surface area contributed by atoms with Gasteiger partial charge < -0.3 is 14.6 Å². The fourth-order valence-corrected chi connectivity index (χ4v) is 1.90. The summed E-state index contributed by atoms with van der Waals surface area (Å²) in [5.74, 6) is 0.918. The van der Waals surface area contributed by atoms with Crippen molar-refractivity contribution in [3.63, 3.8) is 0 Å². The molecule has 1 amide bonds. The maximum absolute atomic E-state index is 11.6. The second kappa shape index (κ2) is 5.99. The first-order valence-corrected chi connectivity index (χ1v) is 6.89. The predicted octanol–water partition coefficient (Wildman–Crippen LogP) is 3.11. The van der Waals surface area contributed by atoms with Crippen molar-refractivity contribution in [3.8, 4) is 11.4 Å². The van der Waals surface area contributed by atoms with Gasteiger partial charge in [0, 0.05) is 31.5 Å². The van der Waals surface area contributed by atoms with E-state index in [1.807, 2.05) is 62.8 Å². The number of imidazole rings is 1. The van der Waals surface area contributed by atoms with E-state index in [1.165, 1.54) is 0 Å². The molecule has 0 fully saturated rings. The molecular formula is C16H21N3O2. The van der Waals surface area contributed by atoms with Gasteiger partial charge in [0.25, 0.3) is 0 Å². The van der Waals surface area contributed by atoms with E-state index in [1.54, 1.807) is 6.20 Å². The number of alkyl carbamates (subject to hydrolysis) is 1. The third-order valence-corrected chi connectivity index (χ3v) is 2.87. The molecule has 1 aromatic heterocycles. The Morgan fingerprint density at radius 1 is 1.29 bits per heavy atom. The zero-order chi connectivity index (χ0) is 15.5. The van der Waals surface area contributed by atoms with Crippen molar-refractivity contribution in [2.45, 2.75) is 32.9 Å². The summed E-state index contributed by atoms with van der Waals surface area (Å²) in [4.78, 5) is 15.9. The maximum atomic E-state index is 11.6. The lowest BCUT2D eigenvalue weighted by Gasteiger charge is -2.19. The summed E-state index contributed by atoms with van der Waals surface area (Å²) in [7, 11) is 1.96. The zero-order valence-electron chi connectivity index (χ0n) is 12.9. The summed E-state index contributed by atoms with van der Waals surface area (Å²) in [6, 6.07) is 7.94. The van der Waals surface area contributed by atoms with Gasteiger partial charge in [-0.1, -0.05) is 24.3 Å². The molecule has 0 bridgehead atoms. The molecule has 2 rings (SSSR count). The number of ether oxygens (including phenoxy) is 1. The first kappa shape index (κ1) is 15.1. The molecule has 0 unspecified atom stereocenters. The molecule has 5 heteroatoms. The highest BCUT2D eigenvalue weighted by Gasteiger charge is 2.15. The summed E-state index contributed by atoms with van der Waals surface area (Å²) in [5, 5.41) is 2.74. The number of carbonyl (C=O) groups is 1. The number of aromatic nitrogens is 2. The van der Waals surface area contributed by atoms with E-state index in [0.29, 0.717) is 6.54 Å². The van der Waals surface area contributed by atoms with E-state index in [4.69, 9.17) is 4.74 Å². The van der Waals surface area contributed by atoms with Crippen LogP contribution in [0.2, 0.25) is 0 Å². The van der Waals surface area contributed by atoms with Crippen LogP contribution in [0.1, 0.15) is 26.3 Å². The van der Waals surface area contributed by atoms with Crippen molar-refractivity contribution >= 4 is 6.09 Å². The van der Waals surface area contributed by atoms with Gasteiger partial charge in [-0.05, 0) is 26.3 Å². The van der Waals surface area contributed by atoms with Gasteiger partial charge >= 0.3 is 6.09 Å². The molecule has 0 aliphatic carbocycles. The Hall–Kier alpha value is -2.30. The number of benzene rings is 1. The largest absolute Gasteiger partial charge is 0.444 e. The van der Waals surface area contributed by atoms with Crippen molar-refractivity contribution in [1.29, 1.82) is 0 Å². The van der Waals surface area contributed by atoms with Crippen molar-refractivity contribution in [3.05, 3.63) is 42.2 Å². The first-order chi connectivity index (χ1) is 9.85. The molecule has 0 saturated carbocycles. The normalized spacial score (nSPS) is 11.2. The van der Waals surface area contributed by atoms with Gasteiger partial charge in [-0.2, -0.15) is 0 Å². The SMILES string of the molecule is Cn1ccnc1-c1ccc(CNC(=O)OC(C)(C)C)cc1. The van der Waals surface area contributed by atoms with E-state index in [-0.39, 0.29) is 0 Å². The Morgan fingerprint density at radius 3 is 2.48 bits per heavy atom. The standard InChI is InChI=1S/C16H21N3O2/c1-16(2,3)21-15(20)18-11-12-5-7-13(8-6-12)14-17-9-10-19(14)4/h5-10H,11H2,1-4H3,(H,18,20). The Labute approximate surface area is 125 Å². The lowest BCUT2D eigenvalue weighted by Crippen LogP contribution is -2.32. The molecule has 0 aliphatic rings. The molecular weight excluding hydrogens is 266 g/mol. The monoisotopic (exact) mass is 287 g/mol. The molecule has 112 valence electrons. The number of rotatable bonds is 3. The highest BCUT2D eigenvalue weighted by Crippen LogP contribution is 2.17. The van der Waals surface area contributed by atoms with Crippen LogP contribution in [0.5, 0.6) is 0 Å². The zero-order valence-corrected chi connectivity index (χ0v) is 12.9. The van der Waals surface area contributed by atoms with Crippen LogP contribution >= 0.6 is 0 Å². The third-order valence-electron chi connectivity index (χ3n) is 2.87. The molecule has 0 atom stereocenters. The van der Waals surface area contributed by atoms with Crippen LogP contribution < -0.4 is 5.32 Å². The van der Waals surface area contributed by atoms with Crippen LogP contribution in [0, 0.1) is 0 Å². The molecule has 0 radical (unpaired) electrons. The molecule has 0 spiro atoms. The average molecular weight is 287 g/mol. The fourth-order valence-electron chi connectivity index (χ4n) is 1.90. The van der Waals surface area contributed by atoms with E-state index in [9.17, 15) is 4.79 Å². The fraction of sp³-hybridized carbons (Fsp3) is 0.375. The van der Waals surface area contributed by atoms with Crippen molar-refractivity contribution in [2.24, 2.45) is 7.05 Å².